The number of ether oxygens (including phenoxy) is 4. The molecule has 182 valence electrons. The fourth-order valence-corrected chi connectivity index (χ4v) is 3.95. The molecule has 0 spiro atoms. The Bertz CT molecular complexity index is 1310. The van der Waals surface area contributed by atoms with Crippen LogP contribution in [0.5, 0.6) is 23.1 Å². The lowest BCUT2D eigenvalue weighted by Gasteiger charge is -2.12. The van der Waals surface area contributed by atoms with Crippen LogP contribution in [-0.2, 0) is 6.54 Å². The van der Waals surface area contributed by atoms with E-state index in [9.17, 15) is 0 Å². The van der Waals surface area contributed by atoms with Gasteiger partial charge in [0.05, 0.1) is 32.4 Å². The van der Waals surface area contributed by atoms with E-state index in [0.717, 1.165) is 16.9 Å². The first-order valence-corrected chi connectivity index (χ1v) is 11.5. The Kier molecular flexibility index (Phi) is 7.77. The van der Waals surface area contributed by atoms with Gasteiger partial charge in [-0.05, 0) is 42.8 Å². The Balaban J connectivity index is 1.51. The van der Waals surface area contributed by atoms with E-state index in [2.05, 4.69) is 5.10 Å². The standard InChI is InChI=1S/C27H26ClFN2O4/c1-4-34-27-25(29)26(19-8-7-9-20(16-19)32-2)30-31(27)14-15-35-24-13-12-18(17-22(24)28)21-10-5-6-11-23(21)33-3/h5-13,16-17H,4,14-15H2,1-3H3. The van der Waals surface area contributed by atoms with Crippen molar-refractivity contribution < 1.29 is 23.3 Å². The Morgan fingerprint density at radius 3 is 2.46 bits per heavy atom. The van der Waals surface area contributed by atoms with E-state index in [1.165, 1.54) is 4.68 Å². The number of para-hydroxylation sites is 1. The van der Waals surface area contributed by atoms with E-state index in [0.29, 0.717) is 28.7 Å². The molecule has 0 saturated carbocycles. The van der Waals surface area contributed by atoms with Gasteiger partial charge in [0, 0.05) is 11.1 Å². The van der Waals surface area contributed by atoms with Gasteiger partial charge in [-0.15, -0.1) is 0 Å². The molecule has 0 fully saturated rings. The molecule has 0 radical (unpaired) electrons. The summed E-state index contributed by atoms with van der Waals surface area (Å²) in [5, 5.41) is 4.90. The molecule has 8 heteroatoms. The highest BCUT2D eigenvalue weighted by molar-refractivity contribution is 6.32. The minimum Gasteiger partial charge on any atom is -0.497 e. The maximum absolute atomic E-state index is 15.2. The summed E-state index contributed by atoms with van der Waals surface area (Å²) in [5.41, 5.74) is 2.63. The molecule has 0 amide bonds. The smallest absolute Gasteiger partial charge is 0.249 e. The predicted octanol–water partition coefficient (Wildman–Crippen LogP) is 6.50. The molecule has 0 saturated heterocycles. The quantitative estimate of drug-likeness (QED) is 0.251. The lowest BCUT2D eigenvalue weighted by atomic mass is 10.0. The van der Waals surface area contributed by atoms with Crippen molar-refractivity contribution in [3.63, 3.8) is 0 Å². The van der Waals surface area contributed by atoms with Gasteiger partial charge in [-0.25, -0.2) is 4.68 Å². The Morgan fingerprint density at radius 2 is 1.71 bits per heavy atom. The van der Waals surface area contributed by atoms with Gasteiger partial charge in [0.2, 0.25) is 11.7 Å². The second-order valence-corrected chi connectivity index (χ2v) is 7.96. The van der Waals surface area contributed by atoms with Crippen LogP contribution < -0.4 is 18.9 Å². The number of nitrogens with zero attached hydrogens (tertiary/aromatic N) is 2. The molecule has 0 aliphatic rings. The largest absolute Gasteiger partial charge is 0.497 e. The van der Waals surface area contributed by atoms with Crippen molar-refractivity contribution in [2.75, 3.05) is 27.4 Å². The average molecular weight is 497 g/mol. The van der Waals surface area contributed by atoms with Crippen LogP contribution in [0.4, 0.5) is 4.39 Å². The maximum atomic E-state index is 15.2. The second-order valence-electron chi connectivity index (χ2n) is 7.55. The van der Waals surface area contributed by atoms with E-state index >= 15 is 4.39 Å². The van der Waals surface area contributed by atoms with Gasteiger partial charge in [-0.2, -0.15) is 9.49 Å². The van der Waals surface area contributed by atoms with Gasteiger partial charge < -0.3 is 18.9 Å². The second kappa shape index (κ2) is 11.1. The normalized spacial score (nSPS) is 10.8. The third-order valence-corrected chi connectivity index (χ3v) is 5.68. The van der Waals surface area contributed by atoms with Crippen molar-refractivity contribution in [3.05, 3.63) is 77.6 Å². The molecule has 3 aromatic carbocycles. The summed E-state index contributed by atoms with van der Waals surface area (Å²) in [6.07, 6.45) is 0. The first kappa shape index (κ1) is 24.4. The third kappa shape index (κ3) is 5.35. The molecular weight excluding hydrogens is 471 g/mol. The number of benzene rings is 3. The van der Waals surface area contributed by atoms with Gasteiger partial charge in [-0.3, -0.25) is 0 Å². The van der Waals surface area contributed by atoms with Gasteiger partial charge in [0.25, 0.3) is 0 Å². The summed E-state index contributed by atoms with van der Waals surface area (Å²) in [6, 6.07) is 20.3. The van der Waals surface area contributed by atoms with Crippen molar-refractivity contribution in [3.8, 4) is 45.5 Å². The molecule has 0 N–H and O–H groups in total. The molecule has 6 nitrogen and oxygen atoms in total. The summed E-state index contributed by atoms with van der Waals surface area (Å²) in [7, 11) is 3.19. The molecule has 35 heavy (non-hydrogen) atoms. The fourth-order valence-electron chi connectivity index (χ4n) is 3.72. The van der Waals surface area contributed by atoms with E-state index < -0.39 is 5.82 Å². The number of methoxy groups -OCH3 is 2. The Hall–Kier alpha value is -3.71. The van der Waals surface area contributed by atoms with E-state index in [-0.39, 0.29) is 24.7 Å². The van der Waals surface area contributed by atoms with Crippen molar-refractivity contribution in [1.82, 2.24) is 9.78 Å². The van der Waals surface area contributed by atoms with Crippen LogP contribution in [0.3, 0.4) is 0 Å². The zero-order valence-electron chi connectivity index (χ0n) is 19.8. The minimum atomic E-state index is -0.528. The third-order valence-electron chi connectivity index (χ3n) is 5.39. The summed E-state index contributed by atoms with van der Waals surface area (Å²) in [6.45, 7) is 2.58. The van der Waals surface area contributed by atoms with Crippen molar-refractivity contribution in [1.29, 1.82) is 0 Å². The van der Waals surface area contributed by atoms with Crippen LogP contribution >= 0.6 is 11.6 Å². The zero-order valence-corrected chi connectivity index (χ0v) is 20.5. The molecule has 1 heterocycles. The average Bonchev–Trinajstić information content (AvgIpc) is 3.20. The van der Waals surface area contributed by atoms with Crippen molar-refractivity contribution >= 4 is 11.6 Å². The summed E-state index contributed by atoms with van der Waals surface area (Å²) >= 11 is 6.49. The van der Waals surface area contributed by atoms with Crippen molar-refractivity contribution in [2.45, 2.75) is 13.5 Å². The van der Waals surface area contributed by atoms with Gasteiger partial charge in [0.1, 0.15) is 29.5 Å². The number of rotatable bonds is 10. The zero-order chi connectivity index (χ0) is 24.8. The Morgan fingerprint density at radius 1 is 0.886 bits per heavy atom. The molecule has 0 bridgehead atoms. The molecule has 4 aromatic rings. The molecular formula is C27H26ClFN2O4. The summed E-state index contributed by atoms with van der Waals surface area (Å²) in [5.74, 6) is 1.42. The van der Waals surface area contributed by atoms with Crippen LogP contribution in [-0.4, -0.2) is 37.2 Å². The highest BCUT2D eigenvalue weighted by Crippen LogP contribution is 2.35. The van der Waals surface area contributed by atoms with E-state index in [1.54, 1.807) is 51.5 Å². The number of hydrogen-bond acceptors (Lipinski definition) is 5. The summed E-state index contributed by atoms with van der Waals surface area (Å²) in [4.78, 5) is 0. The fraction of sp³-hybridized carbons (Fsp3) is 0.222. The van der Waals surface area contributed by atoms with Crippen LogP contribution in [0, 0.1) is 5.82 Å². The molecule has 4 rings (SSSR count). The maximum Gasteiger partial charge on any atom is 0.249 e. The topological polar surface area (TPSA) is 54.7 Å². The predicted molar refractivity (Wildman–Crippen MR) is 134 cm³/mol. The molecule has 1 aromatic heterocycles. The van der Waals surface area contributed by atoms with Crippen LogP contribution in [0.2, 0.25) is 5.02 Å². The number of aromatic nitrogens is 2. The first-order valence-electron chi connectivity index (χ1n) is 11.1. The SMILES string of the molecule is CCOc1c(F)c(-c2cccc(OC)c2)nn1CCOc1ccc(-c2ccccc2OC)cc1Cl. The van der Waals surface area contributed by atoms with E-state index in [4.69, 9.17) is 30.5 Å². The van der Waals surface area contributed by atoms with Gasteiger partial charge in [0.15, 0.2) is 0 Å². The van der Waals surface area contributed by atoms with Gasteiger partial charge >= 0.3 is 0 Å². The van der Waals surface area contributed by atoms with Crippen LogP contribution in [0.25, 0.3) is 22.4 Å². The monoisotopic (exact) mass is 496 g/mol. The molecule has 0 aliphatic carbocycles. The first-order chi connectivity index (χ1) is 17.0. The lowest BCUT2D eigenvalue weighted by Crippen LogP contribution is -2.12. The highest BCUT2D eigenvalue weighted by Gasteiger charge is 2.21. The molecule has 0 atom stereocenters. The molecule has 0 aliphatic heterocycles. The van der Waals surface area contributed by atoms with Crippen LogP contribution in [0.15, 0.2) is 66.7 Å². The van der Waals surface area contributed by atoms with Crippen molar-refractivity contribution in [2.24, 2.45) is 0 Å². The van der Waals surface area contributed by atoms with Gasteiger partial charge in [-0.1, -0.05) is 48.0 Å². The van der Waals surface area contributed by atoms with Crippen LogP contribution in [0.1, 0.15) is 6.92 Å². The van der Waals surface area contributed by atoms with E-state index in [1.807, 2.05) is 36.4 Å². The number of hydrogen-bond donors (Lipinski definition) is 0. The highest BCUT2D eigenvalue weighted by atomic mass is 35.5. The minimum absolute atomic E-state index is 0.0616. The molecule has 0 unspecified atom stereocenters. The summed E-state index contributed by atoms with van der Waals surface area (Å²) < 4.78 is 38.7. The lowest BCUT2D eigenvalue weighted by molar-refractivity contribution is 0.253. The Labute approximate surface area is 208 Å². The number of halogens is 2.